The molecule has 1 radical (unpaired) electrons. The maximum Gasteiger partial charge on any atom is 0.500 e. The van der Waals surface area contributed by atoms with Crippen LogP contribution in [0.5, 0.6) is 0 Å². The smallest absolute Gasteiger partial charge is 0.377 e. The molecule has 5 heteroatoms. The van der Waals surface area contributed by atoms with Gasteiger partial charge in [0.15, 0.2) is 0 Å². The summed E-state index contributed by atoms with van der Waals surface area (Å²) >= 11 is 5.55. The van der Waals surface area contributed by atoms with Crippen LogP contribution in [0.3, 0.4) is 0 Å². The van der Waals surface area contributed by atoms with Crippen molar-refractivity contribution in [2.75, 3.05) is 27.2 Å². The van der Waals surface area contributed by atoms with Crippen molar-refractivity contribution in [1.82, 2.24) is 0 Å². The van der Waals surface area contributed by atoms with Gasteiger partial charge >= 0.3 is 8.80 Å². The molecule has 0 N–H and O–H groups in total. The van der Waals surface area contributed by atoms with Crippen molar-refractivity contribution in [2.24, 2.45) is 0 Å². The van der Waals surface area contributed by atoms with Gasteiger partial charge in [-0.15, -0.1) is 11.6 Å². The normalized spacial score (nSPS) is 12.0. The number of rotatable bonds is 8. The van der Waals surface area contributed by atoms with Gasteiger partial charge in [0.2, 0.25) is 0 Å². The molecule has 0 aromatic heterocycles. The third kappa shape index (κ3) is 4.98. The first-order valence-electron chi connectivity index (χ1n) is 4.27. The van der Waals surface area contributed by atoms with E-state index in [-0.39, 0.29) is 0 Å². The Kier molecular flexibility index (Phi) is 7.99. The standard InChI is InChI=1S/C8H18ClO3Si/c1-10-13(11-2,12-3)8-6-4-5-7-9/h6H,4-5,7-8H2,1-3H3. The third-order valence-corrected chi connectivity index (χ3v) is 4.79. The quantitative estimate of drug-likeness (QED) is 0.360. The molecule has 0 aliphatic rings. The summed E-state index contributed by atoms with van der Waals surface area (Å²) < 4.78 is 15.7. The largest absolute Gasteiger partial charge is 0.500 e. The predicted molar refractivity (Wildman–Crippen MR) is 55.8 cm³/mol. The summed E-state index contributed by atoms with van der Waals surface area (Å²) in [5, 5.41) is 0. The molecule has 0 spiro atoms. The summed E-state index contributed by atoms with van der Waals surface area (Å²) in [4.78, 5) is 0. The molecule has 3 nitrogen and oxygen atoms in total. The van der Waals surface area contributed by atoms with Crippen molar-refractivity contribution in [3.8, 4) is 0 Å². The van der Waals surface area contributed by atoms with Crippen molar-refractivity contribution < 1.29 is 13.3 Å². The average molecular weight is 226 g/mol. The van der Waals surface area contributed by atoms with E-state index in [0.717, 1.165) is 18.9 Å². The zero-order valence-electron chi connectivity index (χ0n) is 8.51. The second kappa shape index (κ2) is 7.76. The Balaban J connectivity index is 3.68. The van der Waals surface area contributed by atoms with Gasteiger partial charge in [-0.1, -0.05) is 0 Å². The molecular formula is C8H18ClO3Si. The SMILES string of the molecule is CO[Si](C[CH]CCCCl)(OC)OC. The Morgan fingerprint density at radius 1 is 1.15 bits per heavy atom. The van der Waals surface area contributed by atoms with Gasteiger partial charge in [-0.25, -0.2) is 0 Å². The van der Waals surface area contributed by atoms with Gasteiger partial charge in [-0.3, -0.25) is 0 Å². The van der Waals surface area contributed by atoms with Crippen LogP contribution in [0, 0.1) is 6.42 Å². The lowest BCUT2D eigenvalue weighted by atomic mass is 10.3. The van der Waals surface area contributed by atoms with Gasteiger partial charge < -0.3 is 13.3 Å². The molecule has 0 atom stereocenters. The van der Waals surface area contributed by atoms with Crippen LogP contribution in [0.15, 0.2) is 0 Å². The van der Waals surface area contributed by atoms with Crippen LogP contribution in [-0.2, 0) is 13.3 Å². The zero-order chi connectivity index (χ0) is 10.2. The Bertz CT molecular complexity index is 112. The van der Waals surface area contributed by atoms with E-state index in [1.165, 1.54) is 0 Å². The van der Waals surface area contributed by atoms with Crippen molar-refractivity contribution in [3.63, 3.8) is 0 Å². The Morgan fingerprint density at radius 3 is 2.08 bits per heavy atom. The summed E-state index contributed by atoms with van der Waals surface area (Å²) in [5.74, 6) is 0.692. The molecule has 0 saturated heterocycles. The van der Waals surface area contributed by atoms with Crippen LogP contribution in [0.2, 0.25) is 6.04 Å². The van der Waals surface area contributed by atoms with Gasteiger partial charge in [0.05, 0.1) is 0 Å². The van der Waals surface area contributed by atoms with E-state index in [9.17, 15) is 0 Å². The minimum Gasteiger partial charge on any atom is -0.377 e. The van der Waals surface area contributed by atoms with Crippen LogP contribution in [0.1, 0.15) is 12.8 Å². The molecule has 0 bridgehead atoms. The van der Waals surface area contributed by atoms with E-state index in [0.29, 0.717) is 5.88 Å². The van der Waals surface area contributed by atoms with Crippen LogP contribution >= 0.6 is 11.6 Å². The molecule has 13 heavy (non-hydrogen) atoms. The molecule has 0 aromatic rings. The molecule has 79 valence electrons. The second-order valence-electron chi connectivity index (χ2n) is 2.62. The molecule has 0 rings (SSSR count). The highest BCUT2D eigenvalue weighted by Gasteiger charge is 2.36. The number of halogens is 1. The fourth-order valence-corrected chi connectivity index (χ4v) is 2.71. The predicted octanol–water partition coefficient (Wildman–Crippen LogP) is 2.09. The maximum atomic E-state index is 5.55. The Labute approximate surface area is 86.7 Å². The molecular weight excluding hydrogens is 208 g/mol. The molecule has 0 saturated carbocycles. The summed E-state index contributed by atoms with van der Waals surface area (Å²) in [6.45, 7) is 0. The van der Waals surface area contributed by atoms with E-state index in [4.69, 9.17) is 24.9 Å². The van der Waals surface area contributed by atoms with Gasteiger partial charge in [-0.05, 0) is 19.3 Å². The van der Waals surface area contributed by atoms with Crippen molar-refractivity contribution >= 4 is 20.4 Å². The Morgan fingerprint density at radius 2 is 1.69 bits per heavy atom. The second-order valence-corrected chi connectivity index (χ2v) is 6.00. The lowest BCUT2D eigenvalue weighted by Crippen LogP contribution is -2.42. The summed E-state index contributed by atoms with van der Waals surface area (Å²) in [6.07, 6.45) is 4.09. The van der Waals surface area contributed by atoms with Gasteiger partial charge in [0, 0.05) is 33.3 Å². The molecule has 0 fully saturated rings. The molecule has 0 aliphatic heterocycles. The van der Waals surface area contributed by atoms with Crippen LogP contribution in [0.25, 0.3) is 0 Å². The van der Waals surface area contributed by atoms with Crippen molar-refractivity contribution in [2.45, 2.75) is 18.9 Å². The summed E-state index contributed by atoms with van der Waals surface area (Å²) in [7, 11) is 2.49. The average Bonchev–Trinajstić information content (AvgIpc) is 2.20. The molecule has 0 heterocycles. The van der Waals surface area contributed by atoms with E-state index in [1.54, 1.807) is 21.3 Å². The highest BCUT2D eigenvalue weighted by atomic mass is 35.5. The molecule has 0 unspecified atom stereocenters. The fourth-order valence-electron chi connectivity index (χ4n) is 1.00. The maximum absolute atomic E-state index is 5.55. The van der Waals surface area contributed by atoms with Crippen LogP contribution in [0.4, 0.5) is 0 Å². The highest BCUT2D eigenvalue weighted by Crippen LogP contribution is 2.16. The zero-order valence-corrected chi connectivity index (χ0v) is 10.3. The van der Waals surface area contributed by atoms with E-state index in [1.807, 2.05) is 0 Å². The topological polar surface area (TPSA) is 27.7 Å². The fraction of sp³-hybridized carbons (Fsp3) is 0.875. The van der Waals surface area contributed by atoms with Gasteiger partial charge in [0.1, 0.15) is 0 Å². The molecule has 0 aliphatic carbocycles. The third-order valence-electron chi connectivity index (χ3n) is 1.87. The first-order chi connectivity index (χ1) is 6.24. The first kappa shape index (κ1) is 13.4. The van der Waals surface area contributed by atoms with Crippen LogP contribution < -0.4 is 0 Å². The number of hydrogen-bond donors (Lipinski definition) is 0. The molecule has 0 amide bonds. The summed E-state index contributed by atoms with van der Waals surface area (Å²) in [6, 6.07) is 0.743. The molecule has 0 aromatic carbocycles. The first-order valence-corrected chi connectivity index (χ1v) is 6.74. The lowest BCUT2D eigenvalue weighted by molar-refractivity contribution is 0.126. The van der Waals surface area contributed by atoms with E-state index < -0.39 is 8.80 Å². The monoisotopic (exact) mass is 225 g/mol. The van der Waals surface area contributed by atoms with Crippen LogP contribution in [-0.4, -0.2) is 36.0 Å². The van der Waals surface area contributed by atoms with Crippen molar-refractivity contribution in [3.05, 3.63) is 6.42 Å². The van der Waals surface area contributed by atoms with Crippen molar-refractivity contribution in [1.29, 1.82) is 0 Å². The van der Waals surface area contributed by atoms with Gasteiger partial charge in [0.25, 0.3) is 0 Å². The number of alkyl halides is 1. The lowest BCUT2D eigenvalue weighted by Gasteiger charge is -2.23. The number of unbranched alkanes of at least 4 members (excludes halogenated alkanes) is 2. The summed E-state index contributed by atoms with van der Waals surface area (Å²) in [5.41, 5.74) is 0. The Hall–Kier alpha value is 0.387. The minimum atomic E-state index is -2.37. The highest BCUT2D eigenvalue weighted by molar-refractivity contribution is 6.60. The van der Waals surface area contributed by atoms with E-state index >= 15 is 0 Å². The van der Waals surface area contributed by atoms with E-state index in [2.05, 4.69) is 6.42 Å². The van der Waals surface area contributed by atoms with Gasteiger partial charge in [-0.2, -0.15) is 0 Å². The minimum absolute atomic E-state index is 0.692. The number of hydrogen-bond acceptors (Lipinski definition) is 3.